The normalized spacial score (nSPS) is 15.4. The molecule has 2 heterocycles. The topological polar surface area (TPSA) is 35.8 Å². The van der Waals surface area contributed by atoms with E-state index in [4.69, 9.17) is 14.3 Å². The van der Waals surface area contributed by atoms with Crippen LogP contribution < -0.4 is 0 Å². The fourth-order valence-electron chi connectivity index (χ4n) is 8.15. The molecule has 4 nitrogen and oxygen atoms in total. The molecule has 0 radical (unpaired) electrons. The first kappa shape index (κ1) is 59.6. The van der Waals surface area contributed by atoms with Gasteiger partial charge in [0.15, 0.2) is 0 Å². The van der Waals surface area contributed by atoms with Crippen molar-refractivity contribution in [2.75, 3.05) is 13.2 Å². The number of halogens is 14. The highest BCUT2D eigenvalue weighted by atomic mass is 19.4. The van der Waals surface area contributed by atoms with Crippen molar-refractivity contribution in [2.45, 2.75) is 141 Å². The molecule has 0 atom stereocenters. The second kappa shape index (κ2) is 20.3. The van der Waals surface area contributed by atoms with Crippen molar-refractivity contribution < 1.29 is 70.8 Å². The van der Waals surface area contributed by atoms with Crippen LogP contribution in [0, 0.1) is 0 Å². The summed E-state index contributed by atoms with van der Waals surface area (Å²) >= 11 is 0. The third kappa shape index (κ3) is 12.4. The van der Waals surface area contributed by atoms with E-state index in [0.29, 0.717) is 32.5 Å². The van der Waals surface area contributed by atoms with Gasteiger partial charge in [-0.1, -0.05) is 180 Å². The summed E-state index contributed by atoms with van der Waals surface area (Å²) < 4.78 is 212. The first-order chi connectivity index (χ1) is 34.5. The Bertz CT molecular complexity index is 2920. The van der Waals surface area contributed by atoms with E-state index in [1.807, 2.05) is 119 Å². The third-order valence-electron chi connectivity index (χ3n) is 13.0. The fourth-order valence-corrected chi connectivity index (χ4v) is 8.15. The number of alkyl halides is 14. The molecule has 0 saturated heterocycles. The number of rotatable bonds is 14. The molecule has 0 saturated carbocycles. The number of nitrogens with zero attached hydrogens (tertiary/aromatic N) is 2. The fraction of sp³-hybridized carbons (Fsp3) is 0.421. The molecule has 1 aromatic heterocycles. The van der Waals surface area contributed by atoms with E-state index in [-0.39, 0.29) is 44.6 Å². The van der Waals surface area contributed by atoms with Crippen LogP contribution in [0.15, 0.2) is 120 Å². The van der Waals surface area contributed by atoms with Gasteiger partial charge in [-0.05, 0) is 78.8 Å². The summed E-state index contributed by atoms with van der Waals surface area (Å²) in [5.41, 5.74) is 3.62. The van der Waals surface area contributed by atoms with Gasteiger partial charge in [-0.3, -0.25) is 0 Å². The molecule has 1 aliphatic heterocycles. The lowest BCUT2D eigenvalue weighted by Crippen LogP contribution is -2.57. The zero-order valence-corrected chi connectivity index (χ0v) is 44.0. The van der Waals surface area contributed by atoms with Crippen LogP contribution in [0.2, 0.25) is 0 Å². The lowest BCUT2D eigenvalue weighted by molar-refractivity contribution is -0.360. The Hall–Kier alpha value is -5.69. The van der Waals surface area contributed by atoms with Gasteiger partial charge in [-0.2, -0.15) is 61.5 Å². The standard InChI is InChI=1S/C57H59BF14N2O2/c1-48(2,3)38-21-13-34(14-22-38)42-29-44(36-17-25-40(26-18-36)50(7,8)9)73-45(42)31-47-43(35-15-23-39(24-16-35)49(4,5)6)30-46(37-19-27-41(28-20-37)51(10,11)12)74(47)58(75-32-52(59,60)54(63,64)56(67,68)69)76-33-53(61,62)55(65,66)57(70,71)72/h13-31H,32-33H2,1-12H3/b45-31-. The maximum absolute atomic E-state index is 15.3. The number of hydrogen-bond donors (Lipinski definition) is 0. The number of aliphatic imine (C=N–C) groups is 1. The average Bonchev–Trinajstić information content (AvgIpc) is 3.89. The molecular formula is C57H59BF14N2O2. The molecule has 6 rings (SSSR count). The van der Waals surface area contributed by atoms with Crippen LogP contribution in [0.4, 0.5) is 61.5 Å². The van der Waals surface area contributed by atoms with Crippen LogP contribution in [0.1, 0.15) is 122 Å². The van der Waals surface area contributed by atoms with E-state index < -0.39 is 67.3 Å². The van der Waals surface area contributed by atoms with E-state index in [0.717, 1.165) is 16.7 Å². The van der Waals surface area contributed by atoms with Crippen molar-refractivity contribution in [3.05, 3.63) is 154 Å². The van der Waals surface area contributed by atoms with Crippen LogP contribution >= 0.6 is 0 Å². The summed E-state index contributed by atoms with van der Waals surface area (Å²) in [5.74, 6) is -26.2. The summed E-state index contributed by atoms with van der Waals surface area (Å²) in [6.45, 7) is 17.3. The molecule has 76 heavy (non-hydrogen) atoms. The molecule has 0 unspecified atom stereocenters. The monoisotopic (exact) mass is 1080 g/mol. The van der Waals surface area contributed by atoms with Crippen LogP contribution in [0.25, 0.3) is 34.0 Å². The molecule has 0 N–H and O–H groups in total. The van der Waals surface area contributed by atoms with E-state index in [1.54, 1.807) is 54.6 Å². The van der Waals surface area contributed by atoms with Crippen molar-refractivity contribution >= 4 is 24.6 Å². The maximum atomic E-state index is 15.3. The quantitative estimate of drug-likeness (QED) is 0.0821. The van der Waals surface area contributed by atoms with Crippen LogP contribution in [0.5, 0.6) is 0 Å². The second-order valence-electron chi connectivity index (χ2n) is 23.1. The Morgan fingerprint density at radius 3 is 1.12 bits per heavy atom. The minimum atomic E-state index is -6.92. The predicted octanol–water partition coefficient (Wildman–Crippen LogP) is 17.5. The van der Waals surface area contributed by atoms with Gasteiger partial charge in [0.25, 0.3) is 0 Å². The predicted molar refractivity (Wildman–Crippen MR) is 270 cm³/mol. The van der Waals surface area contributed by atoms with Gasteiger partial charge in [0.2, 0.25) is 0 Å². The Balaban J connectivity index is 1.75. The summed E-state index contributed by atoms with van der Waals surface area (Å²) in [7, 11) is -3.18. The zero-order valence-electron chi connectivity index (χ0n) is 44.0. The Kier molecular flexibility index (Phi) is 15.9. The minimum absolute atomic E-state index is 0.0560. The lowest BCUT2D eigenvalue weighted by atomic mass is 9.85. The first-order valence-corrected chi connectivity index (χ1v) is 24.1. The summed E-state index contributed by atoms with van der Waals surface area (Å²) in [6.07, 6.45) is -10.8. The molecule has 4 aromatic carbocycles. The Labute approximate surface area is 434 Å². The van der Waals surface area contributed by atoms with Gasteiger partial charge in [0.05, 0.1) is 11.4 Å². The van der Waals surface area contributed by atoms with Crippen molar-refractivity contribution in [3.63, 3.8) is 0 Å². The Morgan fingerprint density at radius 1 is 0.447 bits per heavy atom. The highest BCUT2D eigenvalue weighted by Crippen LogP contribution is 2.49. The SMILES string of the molecule is CC(C)(C)c1ccc(C2=CC(c3ccc(C(C)(C)C)cc3)=N/C2=C\c2c(-c3ccc(C(C)(C)C)cc3)cc(-c3ccc(C(C)(C)C)cc3)n2B(OCC(F)(F)C(F)(F)C(F)(F)F)OCC(F)(F)C(F)(F)C(F)(F)F)cc1. The molecule has 410 valence electrons. The van der Waals surface area contributed by atoms with Crippen molar-refractivity contribution in [2.24, 2.45) is 4.99 Å². The van der Waals surface area contributed by atoms with Gasteiger partial charge in [0, 0.05) is 28.1 Å². The highest BCUT2D eigenvalue weighted by molar-refractivity contribution is 6.44. The number of allylic oxidation sites excluding steroid dienone is 2. The Morgan fingerprint density at radius 2 is 0.776 bits per heavy atom. The summed E-state index contributed by atoms with van der Waals surface area (Å²) in [6, 6.07) is 28.9. The first-order valence-electron chi connectivity index (χ1n) is 24.1. The number of aromatic nitrogens is 1. The lowest BCUT2D eigenvalue weighted by Gasteiger charge is -2.31. The molecule has 0 bridgehead atoms. The molecule has 0 amide bonds. The molecule has 1 aliphatic rings. The van der Waals surface area contributed by atoms with Crippen LogP contribution in [-0.2, 0) is 31.0 Å². The molecule has 0 fully saturated rings. The molecule has 0 aliphatic carbocycles. The average molecular weight is 1080 g/mol. The van der Waals surface area contributed by atoms with Crippen LogP contribution in [0.3, 0.4) is 0 Å². The van der Waals surface area contributed by atoms with Gasteiger partial charge in [0.1, 0.15) is 13.2 Å². The van der Waals surface area contributed by atoms with Crippen molar-refractivity contribution in [1.29, 1.82) is 0 Å². The molecule has 5 aromatic rings. The maximum Gasteiger partial charge on any atom is 0.598 e. The minimum Gasteiger partial charge on any atom is -0.385 e. The van der Waals surface area contributed by atoms with E-state index in [1.165, 1.54) is 24.3 Å². The van der Waals surface area contributed by atoms with Gasteiger partial charge in [-0.15, -0.1) is 0 Å². The number of benzene rings is 4. The summed E-state index contributed by atoms with van der Waals surface area (Å²) in [4.78, 5) is 4.97. The highest BCUT2D eigenvalue weighted by Gasteiger charge is 2.74. The summed E-state index contributed by atoms with van der Waals surface area (Å²) in [5, 5.41) is 0. The van der Waals surface area contributed by atoms with E-state index in [9.17, 15) is 43.9 Å². The van der Waals surface area contributed by atoms with Crippen molar-refractivity contribution in [3.8, 4) is 22.4 Å². The smallest absolute Gasteiger partial charge is 0.385 e. The van der Waals surface area contributed by atoms with Gasteiger partial charge >= 0.3 is 43.3 Å². The number of hydrogen-bond acceptors (Lipinski definition) is 3. The van der Waals surface area contributed by atoms with E-state index in [2.05, 4.69) is 0 Å². The van der Waals surface area contributed by atoms with Crippen molar-refractivity contribution in [1.82, 2.24) is 4.48 Å². The largest absolute Gasteiger partial charge is 0.598 e. The third-order valence-corrected chi connectivity index (χ3v) is 13.0. The molecular weight excluding hydrogens is 1020 g/mol. The van der Waals surface area contributed by atoms with Gasteiger partial charge < -0.3 is 13.8 Å². The zero-order chi connectivity index (χ0) is 57.2. The molecule has 0 spiro atoms. The second-order valence-corrected chi connectivity index (χ2v) is 23.1. The van der Waals surface area contributed by atoms with Gasteiger partial charge in [-0.25, -0.2) is 4.99 Å². The molecule has 19 heteroatoms. The van der Waals surface area contributed by atoms with Crippen LogP contribution in [-0.4, -0.2) is 66.7 Å². The van der Waals surface area contributed by atoms with E-state index >= 15 is 17.6 Å².